The Hall–Kier alpha value is 0.350. The minimum atomic E-state index is -0.137. The zero-order valence-electron chi connectivity index (χ0n) is 9.54. The molecule has 0 fully saturated rings. The fourth-order valence-electron chi connectivity index (χ4n) is 1.48. The summed E-state index contributed by atoms with van der Waals surface area (Å²) in [5, 5.41) is 0. The Bertz CT molecular complexity index is 107. The van der Waals surface area contributed by atoms with Crippen molar-refractivity contribution in [2.45, 2.75) is 46.3 Å². The normalized spacial score (nSPS) is 18.2. The second-order valence-electron chi connectivity index (χ2n) is 2.94. The predicted molar refractivity (Wildman–Crippen MR) is 59.6 cm³/mol. The Morgan fingerprint density at radius 2 is 1.31 bits per heavy atom. The Morgan fingerprint density at radius 3 is 1.54 bits per heavy atom. The standard InChI is InChI=1S/C10H23O2P/c1-6-11-9(4)13(8-3)10(5)12-7-2/h9-10H,6-8H2,1-5H3. The Balaban J connectivity index is 3.98. The molecule has 0 aromatic rings. The predicted octanol–water partition coefficient (Wildman–Crippen LogP) is 3.25. The van der Waals surface area contributed by atoms with E-state index < -0.39 is 0 Å². The Morgan fingerprint density at radius 1 is 0.923 bits per heavy atom. The van der Waals surface area contributed by atoms with Crippen molar-refractivity contribution in [3.63, 3.8) is 0 Å². The number of hydrogen-bond donors (Lipinski definition) is 0. The highest BCUT2D eigenvalue weighted by atomic mass is 31.1. The third-order valence-corrected chi connectivity index (χ3v) is 5.01. The maximum Gasteiger partial charge on any atom is 0.0762 e. The summed E-state index contributed by atoms with van der Waals surface area (Å²) in [7, 11) is -0.137. The van der Waals surface area contributed by atoms with Gasteiger partial charge in [0.25, 0.3) is 0 Å². The van der Waals surface area contributed by atoms with Gasteiger partial charge >= 0.3 is 0 Å². The van der Waals surface area contributed by atoms with Gasteiger partial charge in [0, 0.05) is 13.2 Å². The van der Waals surface area contributed by atoms with Crippen LogP contribution in [0.2, 0.25) is 0 Å². The van der Waals surface area contributed by atoms with Gasteiger partial charge in [0.2, 0.25) is 0 Å². The summed E-state index contributed by atoms with van der Waals surface area (Å²) in [6.07, 6.45) is 1.18. The van der Waals surface area contributed by atoms with Crippen LogP contribution < -0.4 is 0 Å². The second-order valence-corrected chi connectivity index (χ2v) is 6.06. The highest BCUT2D eigenvalue weighted by molar-refractivity contribution is 7.58. The molecule has 2 atom stereocenters. The number of rotatable bonds is 7. The van der Waals surface area contributed by atoms with Crippen LogP contribution in [-0.2, 0) is 9.47 Å². The van der Waals surface area contributed by atoms with Gasteiger partial charge in [-0.2, -0.15) is 0 Å². The summed E-state index contributed by atoms with van der Waals surface area (Å²) in [4.78, 5) is 0. The van der Waals surface area contributed by atoms with E-state index in [4.69, 9.17) is 9.47 Å². The van der Waals surface area contributed by atoms with Gasteiger partial charge in [-0.05, 0) is 41.8 Å². The highest BCUT2D eigenvalue weighted by Crippen LogP contribution is 2.46. The average molecular weight is 206 g/mol. The van der Waals surface area contributed by atoms with Gasteiger partial charge in [0.15, 0.2) is 0 Å². The lowest BCUT2D eigenvalue weighted by molar-refractivity contribution is 0.108. The van der Waals surface area contributed by atoms with Gasteiger partial charge in [0.05, 0.1) is 11.7 Å². The molecule has 13 heavy (non-hydrogen) atoms. The molecule has 0 saturated carbocycles. The topological polar surface area (TPSA) is 18.5 Å². The molecule has 80 valence electrons. The molecule has 0 aliphatic heterocycles. The molecule has 0 aromatic heterocycles. The maximum atomic E-state index is 5.61. The summed E-state index contributed by atoms with van der Waals surface area (Å²) in [5.74, 6) is 0.734. The van der Waals surface area contributed by atoms with Crippen LogP contribution in [-0.4, -0.2) is 31.1 Å². The zero-order chi connectivity index (χ0) is 10.3. The second kappa shape index (κ2) is 7.73. The van der Waals surface area contributed by atoms with Crippen molar-refractivity contribution in [3.8, 4) is 0 Å². The smallest absolute Gasteiger partial charge is 0.0762 e. The molecule has 0 spiro atoms. The van der Waals surface area contributed by atoms with Crippen molar-refractivity contribution >= 4 is 7.92 Å². The molecule has 0 radical (unpaired) electrons. The molecule has 2 unspecified atom stereocenters. The van der Waals surface area contributed by atoms with Gasteiger partial charge in [-0.1, -0.05) is 6.92 Å². The molecule has 0 amide bonds. The van der Waals surface area contributed by atoms with Crippen molar-refractivity contribution in [1.82, 2.24) is 0 Å². The molecule has 0 N–H and O–H groups in total. The van der Waals surface area contributed by atoms with Crippen LogP contribution in [0.5, 0.6) is 0 Å². The van der Waals surface area contributed by atoms with Crippen LogP contribution in [0.25, 0.3) is 0 Å². The lowest BCUT2D eigenvalue weighted by atomic mass is 10.8. The van der Waals surface area contributed by atoms with Crippen LogP contribution in [0.4, 0.5) is 0 Å². The molecule has 0 rings (SSSR count). The minimum Gasteiger partial charge on any atom is -0.374 e. The first-order chi connectivity index (χ1) is 6.17. The molecule has 0 saturated heterocycles. The molecule has 0 aliphatic rings. The summed E-state index contributed by atoms with van der Waals surface area (Å²) < 4.78 is 11.2. The minimum absolute atomic E-state index is 0.137. The van der Waals surface area contributed by atoms with E-state index in [0.717, 1.165) is 13.2 Å². The van der Waals surface area contributed by atoms with Crippen LogP contribution in [0, 0.1) is 0 Å². The number of ether oxygens (including phenoxy) is 2. The molecule has 2 nitrogen and oxygen atoms in total. The molecule has 0 aliphatic carbocycles. The van der Waals surface area contributed by atoms with Crippen molar-refractivity contribution in [2.75, 3.05) is 19.4 Å². The fourth-order valence-corrected chi connectivity index (χ4v) is 3.78. The van der Waals surface area contributed by atoms with E-state index in [1.165, 1.54) is 6.16 Å². The first-order valence-corrected chi connectivity index (χ1v) is 6.82. The molecule has 0 heterocycles. The van der Waals surface area contributed by atoms with Crippen molar-refractivity contribution in [2.24, 2.45) is 0 Å². The quantitative estimate of drug-likeness (QED) is 0.595. The van der Waals surface area contributed by atoms with E-state index in [9.17, 15) is 0 Å². The lowest BCUT2D eigenvalue weighted by Gasteiger charge is -2.28. The summed E-state index contributed by atoms with van der Waals surface area (Å²) in [6.45, 7) is 12.2. The zero-order valence-corrected chi connectivity index (χ0v) is 10.4. The van der Waals surface area contributed by atoms with E-state index in [-0.39, 0.29) is 7.92 Å². The molecular formula is C10H23O2P. The van der Waals surface area contributed by atoms with Crippen molar-refractivity contribution in [3.05, 3.63) is 0 Å². The Kier molecular flexibility index (Phi) is 7.93. The molecule has 0 bridgehead atoms. The summed E-state index contributed by atoms with van der Waals surface area (Å²) >= 11 is 0. The first-order valence-electron chi connectivity index (χ1n) is 5.16. The maximum absolute atomic E-state index is 5.61. The van der Waals surface area contributed by atoms with Crippen LogP contribution in [0.3, 0.4) is 0 Å². The highest BCUT2D eigenvalue weighted by Gasteiger charge is 2.21. The van der Waals surface area contributed by atoms with Gasteiger partial charge < -0.3 is 9.47 Å². The van der Waals surface area contributed by atoms with Gasteiger partial charge in [-0.3, -0.25) is 0 Å². The number of hydrogen-bond acceptors (Lipinski definition) is 2. The van der Waals surface area contributed by atoms with Crippen LogP contribution in [0.15, 0.2) is 0 Å². The van der Waals surface area contributed by atoms with E-state index in [2.05, 4.69) is 20.8 Å². The van der Waals surface area contributed by atoms with Crippen LogP contribution in [0.1, 0.15) is 34.6 Å². The average Bonchev–Trinajstić information content (AvgIpc) is 2.06. The molecular weight excluding hydrogens is 183 g/mol. The van der Waals surface area contributed by atoms with E-state index in [0.29, 0.717) is 11.7 Å². The van der Waals surface area contributed by atoms with E-state index in [1.807, 2.05) is 13.8 Å². The first kappa shape index (κ1) is 13.4. The SMILES string of the molecule is CCOC(C)P(CC)C(C)OCC. The third kappa shape index (κ3) is 4.95. The molecule has 0 aromatic carbocycles. The summed E-state index contributed by atoms with van der Waals surface area (Å²) in [5.41, 5.74) is 0. The Labute approximate surface area is 83.8 Å². The molecule has 3 heteroatoms. The van der Waals surface area contributed by atoms with Crippen LogP contribution >= 0.6 is 7.92 Å². The van der Waals surface area contributed by atoms with E-state index in [1.54, 1.807) is 0 Å². The third-order valence-electron chi connectivity index (χ3n) is 2.11. The summed E-state index contributed by atoms with van der Waals surface area (Å²) in [6, 6.07) is 0. The lowest BCUT2D eigenvalue weighted by Crippen LogP contribution is -2.17. The largest absolute Gasteiger partial charge is 0.374 e. The fraction of sp³-hybridized carbons (Fsp3) is 1.00. The van der Waals surface area contributed by atoms with Gasteiger partial charge in [0.1, 0.15) is 0 Å². The van der Waals surface area contributed by atoms with Gasteiger partial charge in [-0.25, -0.2) is 0 Å². The van der Waals surface area contributed by atoms with Gasteiger partial charge in [-0.15, -0.1) is 0 Å². The van der Waals surface area contributed by atoms with Crippen molar-refractivity contribution in [1.29, 1.82) is 0 Å². The van der Waals surface area contributed by atoms with Crippen molar-refractivity contribution < 1.29 is 9.47 Å². The monoisotopic (exact) mass is 206 g/mol. The van der Waals surface area contributed by atoms with E-state index >= 15 is 0 Å².